The molecule has 35 heavy (non-hydrogen) atoms. The van der Waals surface area contributed by atoms with Crippen LogP contribution in [0.4, 0.5) is 0 Å². The minimum atomic E-state index is -4.23. The molecule has 0 fully saturated rings. The molecule has 1 aliphatic rings. The Bertz CT molecular complexity index is 1560. The van der Waals surface area contributed by atoms with Crippen molar-refractivity contribution < 1.29 is 27.4 Å². The van der Waals surface area contributed by atoms with Crippen LogP contribution in [0.1, 0.15) is 22.6 Å². The van der Waals surface area contributed by atoms with Gasteiger partial charge in [-0.1, -0.05) is 30.3 Å². The minimum Gasteiger partial charge on any atom is -0.495 e. The van der Waals surface area contributed by atoms with Crippen molar-refractivity contribution in [3.05, 3.63) is 83.6 Å². The van der Waals surface area contributed by atoms with Gasteiger partial charge in [0.15, 0.2) is 11.5 Å². The molecule has 1 aromatic heterocycles. The predicted molar refractivity (Wildman–Crippen MR) is 130 cm³/mol. The van der Waals surface area contributed by atoms with Crippen molar-refractivity contribution in [3.63, 3.8) is 0 Å². The van der Waals surface area contributed by atoms with E-state index in [2.05, 4.69) is 4.72 Å². The Morgan fingerprint density at radius 1 is 1.06 bits per heavy atom. The van der Waals surface area contributed by atoms with Crippen LogP contribution in [0.25, 0.3) is 10.9 Å². The van der Waals surface area contributed by atoms with Gasteiger partial charge in [0.25, 0.3) is 10.0 Å². The molecule has 1 atom stereocenters. The number of sulfonamides is 1. The second kappa shape index (κ2) is 8.66. The van der Waals surface area contributed by atoms with E-state index in [1.165, 1.54) is 13.2 Å². The molecule has 0 aliphatic carbocycles. The van der Waals surface area contributed by atoms with Crippen molar-refractivity contribution in [2.75, 3.05) is 13.9 Å². The van der Waals surface area contributed by atoms with Crippen LogP contribution in [0.3, 0.4) is 0 Å². The number of ether oxygens (including phenoxy) is 3. The highest BCUT2D eigenvalue weighted by atomic mass is 32.2. The summed E-state index contributed by atoms with van der Waals surface area (Å²) in [6.45, 7) is 1.92. The molecule has 1 N–H and O–H groups in total. The van der Waals surface area contributed by atoms with Crippen LogP contribution in [0.5, 0.6) is 17.2 Å². The van der Waals surface area contributed by atoms with Crippen LogP contribution < -0.4 is 18.9 Å². The van der Waals surface area contributed by atoms with Gasteiger partial charge in [-0.2, -0.15) is 0 Å². The first-order valence-electron chi connectivity index (χ1n) is 10.9. The lowest BCUT2D eigenvalue weighted by Crippen LogP contribution is -2.35. The Kier molecular flexibility index (Phi) is 5.64. The highest BCUT2D eigenvalue weighted by Gasteiger charge is 2.32. The molecule has 1 amide bonds. The van der Waals surface area contributed by atoms with E-state index in [9.17, 15) is 13.2 Å². The molecule has 180 valence electrons. The first-order chi connectivity index (χ1) is 16.8. The van der Waals surface area contributed by atoms with Gasteiger partial charge < -0.3 is 18.8 Å². The fourth-order valence-corrected chi connectivity index (χ4v) is 5.56. The molecule has 0 saturated carbocycles. The summed E-state index contributed by atoms with van der Waals surface area (Å²) in [4.78, 5) is 13.6. The predicted octanol–water partition coefficient (Wildman–Crippen LogP) is 3.86. The third kappa shape index (κ3) is 4.08. The number of methoxy groups -OCH3 is 1. The lowest BCUT2D eigenvalue weighted by atomic mass is 9.90. The van der Waals surface area contributed by atoms with Crippen molar-refractivity contribution in [2.45, 2.75) is 17.7 Å². The number of nitrogens with zero attached hydrogens (tertiary/aromatic N) is 1. The Morgan fingerprint density at radius 2 is 1.83 bits per heavy atom. The number of para-hydroxylation sites is 1. The summed E-state index contributed by atoms with van der Waals surface area (Å²) in [5, 5.41) is 0.845. The van der Waals surface area contributed by atoms with Gasteiger partial charge in [0.1, 0.15) is 10.6 Å². The van der Waals surface area contributed by atoms with Gasteiger partial charge in [-0.3, -0.25) is 4.79 Å². The Balaban J connectivity index is 1.61. The lowest BCUT2D eigenvalue weighted by molar-refractivity contribution is -0.119. The van der Waals surface area contributed by atoms with E-state index >= 15 is 0 Å². The second-order valence-electron chi connectivity index (χ2n) is 8.38. The van der Waals surface area contributed by atoms with Crippen LogP contribution >= 0.6 is 0 Å². The molecule has 1 aliphatic heterocycles. The van der Waals surface area contributed by atoms with E-state index in [4.69, 9.17) is 14.2 Å². The molecule has 5 rings (SSSR count). The fourth-order valence-electron chi connectivity index (χ4n) is 4.41. The summed E-state index contributed by atoms with van der Waals surface area (Å²) in [5.74, 6) is -0.383. The third-order valence-corrected chi connectivity index (χ3v) is 7.46. The van der Waals surface area contributed by atoms with Crippen molar-refractivity contribution >= 4 is 26.8 Å². The molecule has 2 heterocycles. The highest BCUT2D eigenvalue weighted by molar-refractivity contribution is 7.90. The van der Waals surface area contributed by atoms with Gasteiger partial charge in [-0.15, -0.1) is 0 Å². The molecule has 0 bridgehead atoms. The van der Waals surface area contributed by atoms with Crippen molar-refractivity contribution in [1.29, 1.82) is 0 Å². The Hall–Kier alpha value is -3.98. The van der Waals surface area contributed by atoms with Crippen LogP contribution in [0, 0.1) is 6.92 Å². The van der Waals surface area contributed by atoms with Gasteiger partial charge in [0, 0.05) is 24.1 Å². The van der Waals surface area contributed by atoms with E-state index < -0.39 is 21.8 Å². The second-order valence-corrected chi connectivity index (χ2v) is 10.0. The molecule has 9 heteroatoms. The molecular weight excluding hydrogens is 468 g/mol. The molecule has 8 nitrogen and oxygen atoms in total. The van der Waals surface area contributed by atoms with E-state index in [0.29, 0.717) is 22.6 Å². The number of carbonyl (C=O) groups excluding carboxylic acids is 1. The molecule has 0 saturated heterocycles. The summed E-state index contributed by atoms with van der Waals surface area (Å²) >= 11 is 0. The Morgan fingerprint density at radius 3 is 2.63 bits per heavy atom. The zero-order valence-corrected chi connectivity index (χ0v) is 20.3. The third-order valence-electron chi connectivity index (χ3n) is 6.07. The average Bonchev–Trinajstić information content (AvgIpc) is 3.43. The number of rotatable bonds is 6. The molecular formula is C26H24N2O6S. The standard InChI is InChI=1S/C26H24N2O6S/c1-16-8-11-24(23(12-16)32-3)35(30,31)27-26(29)25(17-9-10-21-22(13-17)34-15-33-21)19-14-28(2)20-7-5-4-6-18(19)20/h4-14,25H,15H2,1-3H3,(H,27,29). The largest absolute Gasteiger partial charge is 0.495 e. The average molecular weight is 493 g/mol. The van der Waals surface area contributed by atoms with E-state index in [-0.39, 0.29) is 17.4 Å². The number of hydrogen-bond donors (Lipinski definition) is 1. The quantitative estimate of drug-likeness (QED) is 0.439. The van der Waals surface area contributed by atoms with E-state index in [0.717, 1.165) is 16.5 Å². The number of aryl methyl sites for hydroxylation is 2. The van der Waals surface area contributed by atoms with Crippen molar-refractivity contribution in [3.8, 4) is 17.2 Å². The number of benzene rings is 3. The van der Waals surface area contributed by atoms with Gasteiger partial charge in [0.05, 0.1) is 13.0 Å². The first-order valence-corrected chi connectivity index (χ1v) is 12.4. The number of amides is 1. The lowest BCUT2D eigenvalue weighted by Gasteiger charge is -2.18. The number of nitrogens with one attached hydrogen (secondary N) is 1. The highest BCUT2D eigenvalue weighted by Crippen LogP contribution is 2.39. The molecule has 1 unspecified atom stereocenters. The molecule has 3 aromatic carbocycles. The van der Waals surface area contributed by atoms with Crippen LogP contribution in [-0.2, 0) is 21.9 Å². The van der Waals surface area contributed by atoms with Crippen LogP contribution in [-0.4, -0.2) is 32.8 Å². The fraction of sp³-hybridized carbons (Fsp3) is 0.192. The topological polar surface area (TPSA) is 95.9 Å². The summed E-state index contributed by atoms with van der Waals surface area (Å²) < 4.78 is 47.0. The number of fused-ring (bicyclic) bond motifs is 2. The molecule has 4 aromatic rings. The van der Waals surface area contributed by atoms with Crippen LogP contribution in [0.15, 0.2) is 71.8 Å². The smallest absolute Gasteiger partial charge is 0.267 e. The summed E-state index contributed by atoms with van der Waals surface area (Å²) in [6, 6.07) is 17.5. The maximum absolute atomic E-state index is 13.7. The zero-order chi connectivity index (χ0) is 24.7. The molecule has 0 radical (unpaired) electrons. The number of hydrogen-bond acceptors (Lipinski definition) is 6. The van der Waals surface area contributed by atoms with Gasteiger partial charge >= 0.3 is 0 Å². The maximum Gasteiger partial charge on any atom is 0.267 e. The van der Waals surface area contributed by atoms with Gasteiger partial charge in [0.2, 0.25) is 12.7 Å². The SMILES string of the molecule is COc1cc(C)ccc1S(=O)(=O)NC(=O)C(c1ccc2c(c1)OCO2)c1cn(C)c2ccccc12. The van der Waals surface area contributed by atoms with E-state index in [1.54, 1.807) is 30.3 Å². The normalized spacial score (nSPS) is 13.6. The zero-order valence-electron chi connectivity index (χ0n) is 19.4. The summed E-state index contributed by atoms with van der Waals surface area (Å²) in [6.07, 6.45) is 1.85. The van der Waals surface area contributed by atoms with Crippen molar-refractivity contribution in [2.24, 2.45) is 7.05 Å². The minimum absolute atomic E-state index is 0.0888. The molecule has 0 spiro atoms. The van der Waals surface area contributed by atoms with Crippen molar-refractivity contribution in [1.82, 2.24) is 9.29 Å². The van der Waals surface area contributed by atoms with Gasteiger partial charge in [-0.05, 0) is 53.9 Å². The summed E-state index contributed by atoms with van der Waals surface area (Å²) in [5.41, 5.74) is 3.00. The van der Waals surface area contributed by atoms with Crippen LogP contribution in [0.2, 0.25) is 0 Å². The van der Waals surface area contributed by atoms with Gasteiger partial charge in [-0.25, -0.2) is 13.1 Å². The number of carbonyl (C=O) groups is 1. The Labute approximate surface area is 203 Å². The summed E-state index contributed by atoms with van der Waals surface area (Å²) in [7, 11) is -0.952. The van der Waals surface area contributed by atoms with E-state index in [1.807, 2.05) is 49.0 Å². The monoisotopic (exact) mass is 492 g/mol. The first kappa shape index (κ1) is 22.8. The number of aromatic nitrogens is 1. The maximum atomic E-state index is 13.7.